The van der Waals surface area contributed by atoms with Gasteiger partial charge in [0.2, 0.25) is 0 Å². The minimum Gasteiger partial charge on any atom is -0.373 e. The number of hydrogen-bond donors (Lipinski definition) is 2. The number of hydrogen-bond acceptors (Lipinski definition) is 7. The van der Waals surface area contributed by atoms with Crippen molar-refractivity contribution in [2.24, 2.45) is 0 Å². The quantitative estimate of drug-likeness (QED) is 0.628. The minimum absolute atomic E-state index is 0.00810. The largest absolute Gasteiger partial charge is 0.373 e. The predicted octanol–water partition coefficient (Wildman–Crippen LogP) is 2.70. The van der Waals surface area contributed by atoms with Crippen LogP contribution in [-0.4, -0.2) is 28.5 Å². The highest BCUT2D eigenvalue weighted by molar-refractivity contribution is 7.09. The maximum atomic E-state index is 10.9. The summed E-state index contributed by atoms with van der Waals surface area (Å²) in [4.78, 5) is 18.9. The van der Waals surface area contributed by atoms with Crippen molar-refractivity contribution in [3.63, 3.8) is 0 Å². The van der Waals surface area contributed by atoms with Crippen LogP contribution in [0.25, 0.3) is 0 Å². The molecule has 7 nitrogen and oxygen atoms in total. The van der Waals surface area contributed by atoms with E-state index in [0.29, 0.717) is 18.2 Å². The first kappa shape index (κ1) is 14.2. The smallest absolute Gasteiger partial charge is 0.276 e. The van der Waals surface area contributed by atoms with E-state index in [2.05, 4.69) is 20.6 Å². The van der Waals surface area contributed by atoms with Crippen LogP contribution in [0.3, 0.4) is 0 Å². The molecule has 0 fully saturated rings. The van der Waals surface area contributed by atoms with Crippen LogP contribution in [0, 0.1) is 10.1 Å². The monoisotopic (exact) mass is 293 g/mol. The molecule has 2 aromatic heterocycles. The van der Waals surface area contributed by atoms with Crippen LogP contribution in [0.5, 0.6) is 0 Å². The second-order valence-electron chi connectivity index (χ2n) is 4.26. The zero-order valence-electron chi connectivity index (χ0n) is 11.2. The van der Waals surface area contributed by atoms with Crippen LogP contribution in [0.2, 0.25) is 0 Å². The van der Waals surface area contributed by atoms with E-state index < -0.39 is 4.92 Å². The fourth-order valence-electron chi connectivity index (χ4n) is 1.66. The lowest BCUT2D eigenvalue weighted by atomic mass is 10.2. The Balaban J connectivity index is 2.09. The SMILES string of the molecule is CNc1cc([N+](=O)[O-])cc(NCC(C)c2nccs2)n1. The summed E-state index contributed by atoms with van der Waals surface area (Å²) >= 11 is 1.59. The number of nitro groups is 1. The third kappa shape index (κ3) is 3.41. The van der Waals surface area contributed by atoms with E-state index in [4.69, 9.17) is 0 Å². The molecule has 106 valence electrons. The first-order valence-corrected chi connectivity index (χ1v) is 6.95. The number of nitrogens with one attached hydrogen (secondary N) is 2. The Labute approximate surface area is 120 Å². The van der Waals surface area contributed by atoms with Gasteiger partial charge in [-0.25, -0.2) is 9.97 Å². The third-order valence-electron chi connectivity index (χ3n) is 2.74. The number of aromatic nitrogens is 2. The summed E-state index contributed by atoms with van der Waals surface area (Å²) in [6.45, 7) is 2.66. The van der Waals surface area contributed by atoms with Crippen molar-refractivity contribution in [3.05, 3.63) is 38.8 Å². The van der Waals surface area contributed by atoms with Crippen LogP contribution in [-0.2, 0) is 0 Å². The molecule has 20 heavy (non-hydrogen) atoms. The summed E-state index contributed by atoms with van der Waals surface area (Å²) in [5.74, 6) is 1.16. The Kier molecular flexibility index (Phi) is 4.46. The Morgan fingerprint density at radius 3 is 2.80 bits per heavy atom. The Morgan fingerprint density at radius 1 is 1.45 bits per heavy atom. The molecule has 0 amide bonds. The molecule has 0 aliphatic carbocycles. The summed E-state index contributed by atoms with van der Waals surface area (Å²) in [5.41, 5.74) is 0.00810. The van der Waals surface area contributed by atoms with Gasteiger partial charge < -0.3 is 10.6 Å². The number of rotatable bonds is 6. The second-order valence-corrected chi connectivity index (χ2v) is 5.18. The average Bonchev–Trinajstić information content (AvgIpc) is 2.98. The van der Waals surface area contributed by atoms with Gasteiger partial charge in [-0.05, 0) is 0 Å². The molecule has 2 heterocycles. The highest BCUT2D eigenvalue weighted by Gasteiger charge is 2.12. The lowest BCUT2D eigenvalue weighted by Crippen LogP contribution is -2.11. The molecule has 2 rings (SSSR count). The predicted molar refractivity (Wildman–Crippen MR) is 79.5 cm³/mol. The fourth-order valence-corrected chi connectivity index (χ4v) is 2.36. The van der Waals surface area contributed by atoms with Crippen molar-refractivity contribution in [1.82, 2.24) is 9.97 Å². The van der Waals surface area contributed by atoms with Gasteiger partial charge in [0.05, 0.1) is 22.1 Å². The number of pyridine rings is 1. The van der Waals surface area contributed by atoms with Crippen molar-refractivity contribution >= 4 is 28.7 Å². The summed E-state index contributed by atoms with van der Waals surface area (Å²) < 4.78 is 0. The third-order valence-corrected chi connectivity index (χ3v) is 3.75. The van der Waals surface area contributed by atoms with E-state index in [0.717, 1.165) is 5.01 Å². The highest BCUT2D eigenvalue weighted by atomic mass is 32.1. The average molecular weight is 293 g/mol. The summed E-state index contributed by atoms with van der Waals surface area (Å²) in [7, 11) is 1.67. The molecule has 0 saturated heterocycles. The van der Waals surface area contributed by atoms with Gasteiger partial charge in [0.25, 0.3) is 5.69 Å². The fraction of sp³-hybridized carbons (Fsp3) is 0.333. The standard InChI is InChI=1S/C12H15N5O2S/c1-8(12-14-3-4-20-12)7-15-11-6-9(17(18)19)5-10(13-2)16-11/h3-6,8H,7H2,1-2H3,(H2,13,15,16). The lowest BCUT2D eigenvalue weighted by molar-refractivity contribution is -0.384. The molecule has 8 heteroatoms. The van der Waals surface area contributed by atoms with Gasteiger partial charge in [-0.3, -0.25) is 10.1 Å². The summed E-state index contributed by atoms with van der Waals surface area (Å²) in [6, 6.07) is 2.82. The first-order valence-electron chi connectivity index (χ1n) is 6.07. The van der Waals surface area contributed by atoms with Crippen LogP contribution in [0.4, 0.5) is 17.3 Å². The zero-order valence-corrected chi connectivity index (χ0v) is 12.0. The van der Waals surface area contributed by atoms with Gasteiger partial charge in [-0.2, -0.15) is 0 Å². The van der Waals surface area contributed by atoms with Crippen molar-refractivity contribution in [1.29, 1.82) is 0 Å². The second kappa shape index (κ2) is 6.29. The topological polar surface area (TPSA) is 93.0 Å². The van der Waals surface area contributed by atoms with Crippen molar-refractivity contribution in [3.8, 4) is 0 Å². The molecule has 0 aromatic carbocycles. The van der Waals surface area contributed by atoms with E-state index >= 15 is 0 Å². The summed E-state index contributed by atoms with van der Waals surface area (Å²) in [6.07, 6.45) is 1.77. The zero-order chi connectivity index (χ0) is 14.5. The van der Waals surface area contributed by atoms with Crippen molar-refractivity contribution in [2.75, 3.05) is 24.2 Å². The highest BCUT2D eigenvalue weighted by Crippen LogP contribution is 2.22. The van der Waals surface area contributed by atoms with E-state index in [9.17, 15) is 10.1 Å². The Bertz CT molecular complexity index is 588. The molecule has 2 N–H and O–H groups in total. The molecule has 1 unspecified atom stereocenters. The number of thiazole rings is 1. The Morgan fingerprint density at radius 2 is 2.20 bits per heavy atom. The van der Waals surface area contributed by atoms with Gasteiger partial charge in [-0.15, -0.1) is 11.3 Å². The van der Waals surface area contributed by atoms with Gasteiger partial charge in [0.1, 0.15) is 11.6 Å². The molecule has 1 atom stereocenters. The van der Waals surface area contributed by atoms with Crippen molar-refractivity contribution in [2.45, 2.75) is 12.8 Å². The lowest BCUT2D eigenvalue weighted by Gasteiger charge is -2.11. The van der Waals surface area contributed by atoms with E-state index in [1.54, 1.807) is 24.6 Å². The van der Waals surface area contributed by atoms with Crippen LogP contribution in [0.15, 0.2) is 23.7 Å². The maximum absolute atomic E-state index is 10.9. The summed E-state index contributed by atoms with van der Waals surface area (Å²) in [5, 5.41) is 19.7. The molecule has 2 aromatic rings. The van der Waals surface area contributed by atoms with Gasteiger partial charge in [0.15, 0.2) is 0 Å². The molecule has 0 saturated carbocycles. The molecular formula is C12H15N5O2S. The normalized spacial score (nSPS) is 11.9. The molecule has 0 bridgehead atoms. The van der Waals surface area contributed by atoms with Gasteiger partial charge in [0, 0.05) is 31.1 Å². The van der Waals surface area contributed by atoms with Gasteiger partial charge >= 0.3 is 0 Å². The first-order chi connectivity index (χ1) is 9.60. The van der Waals surface area contributed by atoms with Gasteiger partial charge in [-0.1, -0.05) is 6.92 Å². The van der Waals surface area contributed by atoms with Crippen LogP contribution in [0.1, 0.15) is 17.8 Å². The van der Waals surface area contributed by atoms with E-state index in [-0.39, 0.29) is 11.6 Å². The Hall–Kier alpha value is -2.22. The number of anilines is 2. The minimum atomic E-state index is -0.433. The molecular weight excluding hydrogens is 278 g/mol. The molecule has 0 spiro atoms. The van der Waals surface area contributed by atoms with E-state index in [1.807, 2.05) is 12.3 Å². The van der Waals surface area contributed by atoms with E-state index in [1.165, 1.54) is 12.1 Å². The van der Waals surface area contributed by atoms with Crippen LogP contribution < -0.4 is 10.6 Å². The van der Waals surface area contributed by atoms with Crippen LogP contribution >= 0.6 is 11.3 Å². The number of nitrogens with zero attached hydrogens (tertiary/aromatic N) is 3. The molecule has 0 aliphatic heterocycles. The molecule has 0 aliphatic rings. The van der Waals surface area contributed by atoms with Crippen molar-refractivity contribution < 1.29 is 4.92 Å². The molecule has 0 radical (unpaired) electrons. The maximum Gasteiger partial charge on any atom is 0.276 e.